The molecule has 108 valence electrons. The first-order valence-electron chi connectivity index (χ1n) is 7.33. The van der Waals surface area contributed by atoms with Crippen molar-refractivity contribution in [1.29, 1.82) is 0 Å². The van der Waals surface area contributed by atoms with Crippen molar-refractivity contribution in [2.24, 2.45) is 0 Å². The highest BCUT2D eigenvalue weighted by molar-refractivity contribution is 5.25. The Balaban J connectivity index is 1.94. The Kier molecular flexibility index (Phi) is 5.30. The number of likely N-dealkylation sites (N-methyl/N-ethyl adjacent to an activating group) is 1. The summed E-state index contributed by atoms with van der Waals surface area (Å²) in [5.74, 6) is 1.07. The second-order valence-electron chi connectivity index (χ2n) is 5.15. The fourth-order valence-electron chi connectivity index (χ4n) is 2.50. The lowest BCUT2D eigenvalue weighted by atomic mass is 9.99. The molecule has 0 radical (unpaired) electrons. The molecular weight excluding hydrogens is 248 g/mol. The Morgan fingerprint density at radius 1 is 1.30 bits per heavy atom. The standard InChI is InChI=1S/C16H24N4/c1-4-20-16(18-12-19-20)11-15(17-3)10-9-14-8-6-5-7-13(14)2/h5-8,12,15,17H,4,9-11H2,1-3H3. The summed E-state index contributed by atoms with van der Waals surface area (Å²) in [6.45, 7) is 5.15. The molecule has 20 heavy (non-hydrogen) atoms. The van der Waals surface area contributed by atoms with E-state index in [1.807, 2.05) is 11.7 Å². The highest BCUT2D eigenvalue weighted by Crippen LogP contribution is 2.12. The van der Waals surface area contributed by atoms with E-state index in [2.05, 4.69) is 53.5 Å². The number of nitrogens with one attached hydrogen (secondary N) is 1. The maximum atomic E-state index is 4.36. The van der Waals surface area contributed by atoms with Crippen molar-refractivity contribution in [2.45, 2.75) is 45.7 Å². The summed E-state index contributed by atoms with van der Waals surface area (Å²) in [6.07, 6.45) is 4.78. The van der Waals surface area contributed by atoms with Crippen LogP contribution in [0, 0.1) is 6.92 Å². The van der Waals surface area contributed by atoms with Gasteiger partial charge in [-0.3, -0.25) is 4.68 Å². The summed E-state index contributed by atoms with van der Waals surface area (Å²) in [5, 5.41) is 7.63. The summed E-state index contributed by atoms with van der Waals surface area (Å²) in [4.78, 5) is 4.36. The molecule has 1 aromatic carbocycles. The van der Waals surface area contributed by atoms with Gasteiger partial charge < -0.3 is 5.32 Å². The van der Waals surface area contributed by atoms with Crippen molar-refractivity contribution in [3.8, 4) is 0 Å². The van der Waals surface area contributed by atoms with E-state index in [-0.39, 0.29) is 0 Å². The summed E-state index contributed by atoms with van der Waals surface area (Å²) in [5.41, 5.74) is 2.81. The minimum Gasteiger partial charge on any atom is -0.317 e. The molecule has 1 aromatic heterocycles. The third-order valence-corrected chi connectivity index (χ3v) is 3.86. The topological polar surface area (TPSA) is 42.7 Å². The summed E-state index contributed by atoms with van der Waals surface area (Å²) in [6, 6.07) is 9.04. The zero-order chi connectivity index (χ0) is 14.4. The first-order valence-corrected chi connectivity index (χ1v) is 7.33. The molecule has 0 fully saturated rings. The SMILES string of the molecule is CCn1ncnc1CC(CCc1ccccc1C)NC. The van der Waals surface area contributed by atoms with Crippen LogP contribution in [0.1, 0.15) is 30.3 Å². The van der Waals surface area contributed by atoms with E-state index in [0.29, 0.717) is 6.04 Å². The summed E-state index contributed by atoms with van der Waals surface area (Å²) >= 11 is 0. The Labute approximate surface area is 121 Å². The number of hydrogen-bond donors (Lipinski definition) is 1. The van der Waals surface area contributed by atoms with Gasteiger partial charge in [0.25, 0.3) is 0 Å². The van der Waals surface area contributed by atoms with Crippen molar-refractivity contribution in [1.82, 2.24) is 20.1 Å². The molecule has 0 aliphatic rings. The average Bonchev–Trinajstić information content (AvgIpc) is 2.92. The minimum atomic E-state index is 0.434. The van der Waals surface area contributed by atoms with Crippen LogP contribution >= 0.6 is 0 Å². The monoisotopic (exact) mass is 272 g/mol. The van der Waals surface area contributed by atoms with Crippen LogP contribution in [0.15, 0.2) is 30.6 Å². The van der Waals surface area contributed by atoms with E-state index >= 15 is 0 Å². The third kappa shape index (κ3) is 3.67. The molecular formula is C16H24N4. The van der Waals surface area contributed by atoms with Gasteiger partial charge in [0, 0.05) is 19.0 Å². The number of hydrogen-bond acceptors (Lipinski definition) is 3. The maximum absolute atomic E-state index is 4.36. The van der Waals surface area contributed by atoms with E-state index in [1.165, 1.54) is 11.1 Å². The van der Waals surface area contributed by atoms with E-state index in [4.69, 9.17) is 0 Å². The Bertz CT molecular complexity index is 533. The number of aromatic nitrogens is 3. The molecule has 2 aromatic rings. The third-order valence-electron chi connectivity index (χ3n) is 3.86. The average molecular weight is 272 g/mol. The molecule has 0 saturated heterocycles. The fourth-order valence-corrected chi connectivity index (χ4v) is 2.50. The van der Waals surface area contributed by atoms with Crippen molar-refractivity contribution >= 4 is 0 Å². The lowest BCUT2D eigenvalue weighted by Crippen LogP contribution is -2.29. The van der Waals surface area contributed by atoms with Crippen molar-refractivity contribution in [3.63, 3.8) is 0 Å². The number of nitrogens with zero attached hydrogens (tertiary/aromatic N) is 3. The quantitative estimate of drug-likeness (QED) is 0.841. The molecule has 4 nitrogen and oxygen atoms in total. The van der Waals surface area contributed by atoms with Gasteiger partial charge in [-0.15, -0.1) is 0 Å². The number of rotatable bonds is 7. The van der Waals surface area contributed by atoms with Crippen LogP contribution in [-0.2, 0) is 19.4 Å². The molecule has 0 spiro atoms. The van der Waals surface area contributed by atoms with Gasteiger partial charge in [0.1, 0.15) is 12.2 Å². The molecule has 2 rings (SSSR count). The molecule has 0 amide bonds. The van der Waals surface area contributed by atoms with Gasteiger partial charge in [0.15, 0.2) is 0 Å². The predicted molar refractivity (Wildman–Crippen MR) is 81.7 cm³/mol. The highest BCUT2D eigenvalue weighted by atomic mass is 15.3. The smallest absolute Gasteiger partial charge is 0.138 e. The number of benzene rings is 1. The van der Waals surface area contributed by atoms with Crippen LogP contribution in [0.2, 0.25) is 0 Å². The predicted octanol–water partition coefficient (Wildman–Crippen LogP) is 2.37. The van der Waals surface area contributed by atoms with Crippen molar-refractivity contribution in [2.75, 3.05) is 7.05 Å². The highest BCUT2D eigenvalue weighted by Gasteiger charge is 2.12. The van der Waals surface area contributed by atoms with E-state index in [0.717, 1.165) is 31.6 Å². The molecule has 0 saturated carbocycles. The van der Waals surface area contributed by atoms with Crippen LogP contribution in [0.3, 0.4) is 0 Å². The van der Waals surface area contributed by atoms with E-state index in [1.54, 1.807) is 6.33 Å². The van der Waals surface area contributed by atoms with Gasteiger partial charge in [0.05, 0.1) is 0 Å². The zero-order valence-corrected chi connectivity index (χ0v) is 12.6. The molecule has 4 heteroatoms. The van der Waals surface area contributed by atoms with Crippen LogP contribution in [0.5, 0.6) is 0 Å². The molecule has 1 atom stereocenters. The Morgan fingerprint density at radius 3 is 2.80 bits per heavy atom. The second-order valence-corrected chi connectivity index (χ2v) is 5.15. The summed E-state index contributed by atoms with van der Waals surface area (Å²) in [7, 11) is 2.02. The second kappa shape index (κ2) is 7.20. The van der Waals surface area contributed by atoms with Gasteiger partial charge in [-0.25, -0.2) is 4.98 Å². The van der Waals surface area contributed by atoms with Gasteiger partial charge in [0.2, 0.25) is 0 Å². The molecule has 0 aliphatic heterocycles. The van der Waals surface area contributed by atoms with Crippen molar-refractivity contribution < 1.29 is 0 Å². The van der Waals surface area contributed by atoms with Gasteiger partial charge in [-0.05, 0) is 44.9 Å². The van der Waals surface area contributed by atoms with E-state index < -0.39 is 0 Å². The van der Waals surface area contributed by atoms with Crippen molar-refractivity contribution in [3.05, 3.63) is 47.5 Å². The maximum Gasteiger partial charge on any atom is 0.138 e. The number of aryl methyl sites for hydroxylation is 3. The molecule has 0 bridgehead atoms. The molecule has 1 unspecified atom stereocenters. The van der Waals surface area contributed by atoms with Crippen LogP contribution in [-0.4, -0.2) is 27.9 Å². The fraction of sp³-hybridized carbons (Fsp3) is 0.500. The molecule has 1 heterocycles. The van der Waals surface area contributed by atoms with Gasteiger partial charge >= 0.3 is 0 Å². The normalized spacial score (nSPS) is 12.6. The Morgan fingerprint density at radius 2 is 2.10 bits per heavy atom. The lowest BCUT2D eigenvalue weighted by molar-refractivity contribution is 0.488. The minimum absolute atomic E-state index is 0.434. The van der Waals surface area contributed by atoms with Crippen LogP contribution < -0.4 is 5.32 Å². The molecule has 1 N–H and O–H groups in total. The zero-order valence-electron chi connectivity index (χ0n) is 12.6. The lowest BCUT2D eigenvalue weighted by Gasteiger charge is -2.16. The van der Waals surface area contributed by atoms with Crippen LogP contribution in [0.4, 0.5) is 0 Å². The first kappa shape index (κ1) is 14.7. The van der Waals surface area contributed by atoms with Gasteiger partial charge in [-0.1, -0.05) is 24.3 Å². The van der Waals surface area contributed by atoms with Crippen LogP contribution in [0.25, 0.3) is 0 Å². The Hall–Kier alpha value is -1.68. The summed E-state index contributed by atoms with van der Waals surface area (Å²) < 4.78 is 1.97. The first-order chi connectivity index (χ1) is 9.74. The largest absolute Gasteiger partial charge is 0.317 e. The molecule has 0 aliphatic carbocycles. The van der Waals surface area contributed by atoms with E-state index in [9.17, 15) is 0 Å². The van der Waals surface area contributed by atoms with Gasteiger partial charge in [-0.2, -0.15) is 5.10 Å².